The summed E-state index contributed by atoms with van der Waals surface area (Å²) in [6.07, 6.45) is 5.17. The van der Waals surface area contributed by atoms with Crippen LogP contribution in [0, 0.1) is 11.7 Å². The van der Waals surface area contributed by atoms with Crippen LogP contribution in [0.1, 0.15) is 37.7 Å². The van der Waals surface area contributed by atoms with Crippen LogP contribution in [0.2, 0.25) is 0 Å². The molecule has 1 saturated heterocycles. The van der Waals surface area contributed by atoms with Crippen molar-refractivity contribution in [1.82, 2.24) is 4.90 Å². The Bertz CT molecular complexity index is 551. The highest BCUT2D eigenvalue weighted by molar-refractivity contribution is 9.10. The van der Waals surface area contributed by atoms with Crippen molar-refractivity contribution in [3.63, 3.8) is 0 Å². The molecule has 1 aromatic carbocycles. The number of hydrogen-bond donors (Lipinski definition) is 1. The highest BCUT2D eigenvalue weighted by Gasteiger charge is 2.45. The third kappa shape index (κ3) is 2.99. The number of benzene rings is 1. The van der Waals surface area contributed by atoms with Gasteiger partial charge in [-0.15, -0.1) is 0 Å². The molecule has 1 N–H and O–H groups in total. The molecule has 5 heteroatoms. The second-order valence-corrected chi connectivity index (χ2v) is 7.03. The van der Waals surface area contributed by atoms with E-state index in [9.17, 15) is 14.3 Å². The average molecular weight is 356 g/mol. The molecule has 3 rings (SSSR count). The minimum atomic E-state index is -0.778. The van der Waals surface area contributed by atoms with Gasteiger partial charge in [-0.05, 0) is 43.4 Å². The van der Waals surface area contributed by atoms with Crippen LogP contribution < -0.4 is 0 Å². The lowest BCUT2D eigenvalue weighted by Crippen LogP contribution is -2.41. The summed E-state index contributed by atoms with van der Waals surface area (Å²) >= 11 is 3.36. The maximum Gasteiger partial charge on any atom is 0.320 e. The predicted molar refractivity (Wildman–Crippen MR) is 81.4 cm³/mol. The van der Waals surface area contributed by atoms with Gasteiger partial charge in [-0.2, -0.15) is 0 Å². The van der Waals surface area contributed by atoms with Crippen molar-refractivity contribution in [2.24, 2.45) is 5.92 Å². The first kappa shape index (κ1) is 15.0. The fraction of sp³-hybridized carbons (Fsp3) is 0.562. The van der Waals surface area contributed by atoms with Crippen LogP contribution in [-0.2, 0) is 11.3 Å². The molecule has 2 aliphatic rings. The van der Waals surface area contributed by atoms with Crippen LogP contribution in [0.15, 0.2) is 22.7 Å². The molecule has 1 aliphatic heterocycles. The molecule has 1 saturated carbocycles. The lowest BCUT2D eigenvalue weighted by Gasteiger charge is -2.33. The molecule has 0 aromatic heterocycles. The van der Waals surface area contributed by atoms with E-state index in [0.29, 0.717) is 30.5 Å². The maximum atomic E-state index is 14.0. The number of aliphatic carboxylic acids is 1. The zero-order valence-corrected chi connectivity index (χ0v) is 13.4. The third-order valence-electron chi connectivity index (χ3n) is 4.87. The van der Waals surface area contributed by atoms with E-state index in [1.54, 1.807) is 12.1 Å². The molecule has 3 nitrogen and oxygen atoms in total. The molecule has 1 heterocycles. The van der Waals surface area contributed by atoms with Crippen molar-refractivity contribution in [2.45, 2.75) is 50.7 Å². The quantitative estimate of drug-likeness (QED) is 0.896. The molecule has 1 aliphatic carbocycles. The predicted octanol–water partition coefficient (Wildman–Crippen LogP) is 3.81. The highest BCUT2D eigenvalue weighted by atomic mass is 79.9. The fourth-order valence-corrected chi connectivity index (χ4v) is 4.29. The molecule has 3 atom stereocenters. The molecule has 0 radical (unpaired) electrons. The van der Waals surface area contributed by atoms with Gasteiger partial charge in [0.2, 0.25) is 0 Å². The smallest absolute Gasteiger partial charge is 0.320 e. The Morgan fingerprint density at radius 2 is 2.14 bits per heavy atom. The van der Waals surface area contributed by atoms with Crippen LogP contribution in [0.25, 0.3) is 0 Å². The second-order valence-electron chi connectivity index (χ2n) is 6.11. The number of carboxylic acid groups (broad SMARTS) is 1. The summed E-state index contributed by atoms with van der Waals surface area (Å²) in [5.74, 6) is -0.587. The molecule has 0 amide bonds. The number of carbonyl (C=O) groups is 1. The van der Waals surface area contributed by atoms with Crippen molar-refractivity contribution >= 4 is 21.9 Å². The third-order valence-corrected chi connectivity index (χ3v) is 5.36. The molecular weight excluding hydrogens is 337 g/mol. The lowest BCUT2D eigenvalue weighted by molar-refractivity contribution is -0.142. The standard InChI is InChI=1S/C16H19BrFNO2/c17-12-5-6-13(18)11(7-12)9-19-14-4-2-1-3-10(14)8-15(19)16(20)21/h5-7,10,14-15H,1-4,8-9H2,(H,20,21)/t10-,14-,15-/m0/s1. The average Bonchev–Trinajstić information content (AvgIpc) is 2.82. The molecular formula is C16H19BrFNO2. The van der Waals surface area contributed by atoms with E-state index in [1.165, 1.54) is 12.5 Å². The SMILES string of the molecule is O=C(O)[C@@H]1C[C@@H]2CCCC[C@@H]2N1Cc1cc(Br)ccc1F. The van der Waals surface area contributed by atoms with Gasteiger partial charge in [-0.3, -0.25) is 9.69 Å². The van der Waals surface area contributed by atoms with Crippen LogP contribution in [0.5, 0.6) is 0 Å². The number of nitrogens with zero attached hydrogens (tertiary/aromatic N) is 1. The second kappa shape index (κ2) is 6.05. The summed E-state index contributed by atoms with van der Waals surface area (Å²) < 4.78 is 14.8. The molecule has 0 bridgehead atoms. The van der Waals surface area contributed by atoms with E-state index >= 15 is 0 Å². The topological polar surface area (TPSA) is 40.5 Å². The number of fused-ring (bicyclic) bond motifs is 1. The summed E-state index contributed by atoms with van der Waals surface area (Å²) in [5.41, 5.74) is 0.571. The fourth-order valence-electron chi connectivity index (χ4n) is 3.88. The molecule has 0 unspecified atom stereocenters. The van der Waals surface area contributed by atoms with Gasteiger partial charge in [0.15, 0.2) is 0 Å². The summed E-state index contributed by atoms with van der Waals surface area (Å²) in [6, 6.07) is 4.67. The van der Waals surface area contributed by atoms with Crippen molar-refractivity contribution in [3.8, 4) is 0 Å². The zero-order valence-electron chi connectivity index (χ0n) is 11.8. The first-order chi connectivity index (χ1) is 10.1. The first-order valence-corrected chi connectivity index (χ1v) is 8.28. The summed E-state index contributed by atoms with van der Waals surface area (Å²) in [6.45, 7) is 0.378. The number of likely N-dealkylation sites (tertiary alicyclic amines) is 1. The summed E-state index contributed by atoms with van der Waals surface area (Å²) in [5, 5.41) is 9.49. The zero-order chi connectivity index (χ0) is 15.0. The normalized spacial score (nSPS) is 29.3. The van der Waals surface area contributed by atoms with E-state index < -0.39 is 12.0 Å². The lowest BCUT2D eigenvalue weighted by atomic mass is 9.84. The van der Waals surface area contributed by atoms with Gasteiger partial charge in [0.25, 0.3) is 0 Å². The Labute approximate surface area is 132 Å². The van der Waals surface area contributed by atoms with E-state index in [0.717, 1.165) is 23.7 Å². The Morgan fingerprint density at radius 1 is 1.38 bits per heavy atom. The van der Waals surface area contributed by atoms with Gasteiger partial charge < -0.3 is 5.11 Å². The Morgan fingerprint density at radius 3 is 2.90 bits per heavy atom. The summed E-state index contributed by atoms with van der Waals surface area (Å²) in [7, 11) is 0. The minimum Gasteiger partial charge on any atom is -0.480 e. The van der Waals surface area contributed by atoms with Crippen LogP contribution in [-0.4, -0.2) is 28.1 Å². The number of halogens is 2. The molecule has 114 valence electrons. The Hall–Kier alpha value is -0.940. The van der Waals surface area contributed by atoms with Crippen LogP contribution in [0.3, 0.4) is 0 Å². The van der Waals surface area contributed by atoms with Crippen molar-refractivity contribution in [1.29, 1.82) is 0 Å². The van der Waals surface area contributed by atoms with Gasteiger partial charge >= 0.3 is 5.97 Å². The number of rotatable bonds is 3. The largest absolute Gasteiger partial charge is 0.480 e. The van der Waals surface area contributed by atoms with Crippen molar-refractivity contribution in [2.75, 3.05) is 0 Å². The monoisotopic (exact) mass is 355 g/mol. The van der Waals surface area contributed by atoms with E-state index in [1.807, 2.05) is 4.90 Å². The van der Waals surface area contributed by atoms with Gasteiger partial charge in [0, 0.05) is 22.6 Å². The summed E-state index contributed by atoms with van der Waals surface area (Å²) in [4.78, 5) is 13.6. The molecule has 1 aromatic rings. The number of hydrogen-bond acceptors (Lipinski definition) is 2. The Balaban J connectivity index is 1.86. The van der Waals surface area contributed by atoms with Gasteiger partial charge in [-0.25, -0.2) is 4.39 Å². The van der Waals surface area contributed by atoms with Crippen LogP contribution >= 0.6 is 15.9 Å². The van der Waals surface area contributed by atoms with Crippen molar-refractivity contribution in [3.05, 3.63) is 34.1 Å². The number of carboxylic acids is 1. The molecule has 21 heavy (non-hydrogen) atoms. The van der Waals surface area contributed by atoms with Crippen LogP contribution in [0.4, 0.5) is 4.39 Å². The first-order valence-electron chi connectivity index (χ1n) is 7.48. The van der Waals surface area contributed by atoms with E-state index in [2.05, 4.69) is 15.9 Å². The maximum absolute atomic E-state index is 14.0. The van der Waals surface area contributed by atoms with Gasteiger partial charge in [0.1, 0.15) is 11.9 Å². The Kier molecular flexibility index (Phi) is 4.31. The minimum absolute atomic E-state index is 0.262. The highest BCUT2D eigenvalue weighted by Crippen LogP contribution is 2.40. The molecule has 0 spiro atoms. The van der Waals surface area contributed by atoms with Gasteiger partial charge in [-0.1, -0.05) is 28.8 Å². The van der Waals surface area contributed by atoms with Gasteiger partial charge in [0.05, 0.1) is 0 Å². The van der Waals surface area contributed by atoms with Crippen molar-refractivity contribution < 1.29 is 14.3 Å². The molecule has 2 fully saturated rings. The van der Waals surface area contributed by atoms with E-state index in [4.69, 9.17) is 0 Å². The van der Waals surface area contributed by atoms with E-state index in [-0.39, 0.29) is 5.82 Å².